The number of aromatic nitrogens is 1. The maximum Gasteiger partial charge on any atom is 0.273 e. The van der Waals surface area contributed by atoms with Crippen LogP contribution in [0.2, 0.25) is 0 Å². The molecule has 0 fully saturated rings. The fourth-order valence-electron chi connectivity index (χ4n) is 1.05. The Balaban J connectivity index is 2.77. The molecule has 0 atom stereocenters. The van der Waals surface area contributed by atoms with E-state index in [9.17, 15) is 14.5 Å². The highest BCUT2D eigenvalue weighted by Gasteiger charge is 2.14. The third-order valence-corrected chi connectivity index (χ3v) is 3.07. The van der Waals surface area contributed by atoms with E-state index in [0.717, 1.165) is 17.4 Å². The Bertz CT molecular complexity index is 528. The Morgan fingerprint density at radius 3 is 2.93 bits per heavy atom. The van der Waals surface area contributed by atoms with E-state index in [2.05, 4.69) is 20.9 Å². The number of non-ortho nitro benzene ring substituents is 1. The van der Waals surface area contributed by atoms with Crippen LogP contribution in [0.15, 0.2) is 16.0 Å². The molecule has 1 aromatic carbocycles. The van der Waals surface area contributed by atoms with E-state index >= 15 is 0 Å². The van der Waals surface area contributed by atoms with Crippen LogP contribution >= 0.6 is 27.3 Å². The average molecular weight is 277 g/mol. The van der Waals surface area contributed by atoms with Gasteiger partial charge in [0, 0.05) is 6.07 Å². The number of nitro groups is 1. The molecule has 0 amide bonds. The number of nitro benzene ring substituents is 1. The number of fused-ring (bicyclic) bond motifs is 1. The van der Waals surface area contributed by atoms with Gasteiger partial charge in [0.2, 0.25) is 0 Å². The summed E-state index contributed by atoms with van der Waals surface area (Å²) in [6, 6.07) is 2.18. The monoisotopic (exact) mass is 276 g/mol. The first kappa shape index (κ1) is 9.47. The lowest BCUT2D eigenvalue weighted by molar-refractivity contribution is -0.384. The van der Waals surface area contributed by atoms with Crippen LogP contribution in [-0.2, 0) is 0 Å². The molecule has 0 aliphatic heterocycles. The summed E-state index contributed by atoms with van der Waals surface area (Å²) in [5.41, 5.74) is -0.0985. The number of halogens is 2. The van der Waals surface area contributed by atoms with Crippen molar-refractivity contribution in [1.82, 2.24) is 4.98 Å². The molecule has 0 unspecified atom stereocenters. The molecule has 0 aliphatic carbocycles. The van der Waals surface area contributed by atoms with Crippen LogP contribution in [0.25, 0.3) is 10.2 Å². The molecule has 1 aromatic heterocycles. The minimum atomic E-state index is -0.670. The minimum Gasteiger partial charge on any atom is -0.258 e. The van der Waals surface area contributed by atoms with Crippen molar-refractivity contribution in [2.45, 2.75) is 0 Å². The molecule has 14 heavy (non-hydrogen) atoms. The molecule has 0 saturated heterocycles. The molecule has 2 rings (SSSR count). The molecule has 0 radical (unpaired) electrons. The zero-order valence-corrected chi connectivity index (χ0v) is 8.93. The molecule has 1 heterocycles. The third kappa shape index (κ3) is 1.48. The van der Waals surface area contributed by atoms with Gasteiger partial charge in [-0.3, -0.25) is 10.1 Å². The van der Waals surface area contributed by atoms with Crippen molar-refractivity contribution in [3.8, 4) is 0 Å². The number of thiazole rings is 1. The second-order valence-electron chi connectivity index (χ2n) is 2.50. The molecule has 72 valence electrons. The minimum absolute atomic E-state index is 0.160. The second kappa shape index (κ2) is 3.25. The largest absolute Gasteiger partial charge is 0.273 e. The van der Waals surface area contributed by atoms with Crippen molar-refractivity contribution < 1.29 is 9.31 Å². The van der Waals surface area contributed by atoms with Gasteiger partial charge >= 0.3 is 0 Å². The van der Waals surface area contributed by atoms with E-state index in [1.807, 2.05) is 0 Å². The fraction of sp³-hybridized carbons (Fsp3) is 0. The van der Waals surface area contributed by atoms with Gasteiger partial charge in [-0.25, -0.2) is 9.37 Å². The number of hydrogen-bond acceptors (Lipinski definition) is 4. The lowest BCUT2D eigenvalue weighted by Crippen LogP contribution is -1.89. The first-order valence-electron chi connectivity index (χ1n) is 3.48. The summed E-state index contributed by atoms with van der Waals surface area (Å²) in [6.07, 6.45) is 0. The van der Waals surface area contributed by atoms with E-state index in [1.54, 1.807) is 0 Å². The molecule has 0 spiro atoms. The maximum absolute atomic E-state index is 13.2. The van der Waals surface area contributed by atoms with Gasteiger partial charge in [0.1, 0.15) is 5.52 Å². The van der Waals surface area contributed by atoms with Crippen molar-refractivity contribution in [3.63, 3.8) is 0 Å². The summed E-state index contributed by atoms with van der Waals surface area (Å²) in [7, 11) is 0. The normalized spacial score (nSPS) is 10.7. The predicted octanol–water partition coefficient (Wildman–Crippen LogP) is 3.11. The van der Waals surface area contributed by atoms with E-state index in [-0.39, 0.29) is 11.2 Å². The van der Waals surface area contributed by atoms with Crippen LogP contribution in [0.5, 0.6) is 0 Å². The van der Waals surface area contributed by atoms with Crippen LogP contribution in [0.4, 0.5) is 10.1 Å². The highest BCUT2D eigenvalue weighted by Crippen LogP contribution is 2.31. The fourth-order valence-corrected chi connectivity index (χ4v) is 2.49. The highest BCUT2D eigenvalue weighted by molar-refractivity contribution is 9.11. The number of rotatable bonds is 1. The second-order valence-corrected chi connectivity index (χ2v) is 4.80. The van der Waals surface area contributed by atoms with Gasteiger partial charge in [-0.05, 0) is 15.9 Å². The number of nitrogens with zero attached hydrogens (tertiary/aromatic N) is 2. The van der Waals surface area contributed by atoms with Crippen molar-refractivity contribution in [2.24, 2.45) is 0 Å². The molecule has 0 saturated carbocycles. The van der Waals surface area contributed by atoms with Gasteiger partial charge in [-0.2, -0.15) is 0 Å². The molecular weight excluding hydrogens is 275 g/mol. The van der Waals surface area contributed by atoms with E-state index in [4.69, 9.17) is 0 Å². The molecule has 0 aliphatic rings. The van der Waals surface area contributed by atoms with Crippen molar-refractivity contribution in [3.05, 3.63) is 32.0 Å². The standard InChI is InChI=1S/C7H2BrFN2O2S/c8-7-10-6-4(9)1-3(11(12)13)2-5(6)14-7/h1-2H. The summed E-state index contributed by atoms with van der Waals surface area (Å²) in [5, 5.41) is 10.4. The van der Waals surface area contributed by atoms with Crippen molar-refractivity contribution in [1.29, 1.82) is 0 Å². The third-order valence-electron chi connectivity index (χ3n) is 1.62. The van der Waals surface area contributed by atoms with E-state index < -0.39 is 10.7 Å². The SMILES string of the molecule is O=[N+]([O-])c1cc(F)c2nc(Br)sc2c1. The van der Waals surface area contributed by atoms with Crippen LogP contribution in [0.1, 0.15) is 0 Å². The summed E-state index contributed by atoms with van der Waals surface area (Å²) in [5.74, 6) is -0.670. The molecular formula is C7H2BrFN2O2S. The topological polar surface area (TPSA) is 56.0 Å². The molecule has 2 aromatic rings. The predicted molar refractivity (Wildman–Crippen MR) is 53.9 cm³/mol. The summed E-state index contributed by atoms with van der Waals surface area (Å²) in [6.45, 7) is 0. The molecule has 7 heteroatoms. The van der Waals surface area contributed by atoms with Crippen LogP contribution in [0, 0.1) is 15.9 Å². The first-order valence-corrected chi connectivity index (χ1v) is 5.09. The van der Waals surface area contributed by atoms with Gasteiger partial charge in [0.15, 0.2) is 9.73 Å². The zero-order chi connectivity index (χ0) is 10.3. The van der Waals surface area contributed by atoms with Crippen molar-refractivity contribution >= 4 is 43.2 Å². The van der Waals surface area contributed by atoms with Gasteiger partial charge < -0.3 is 0 Å². The van der Waals surface area contributed by atoms with Gasteiger partial charge in [0.25, 0.3) is 5.69 Å². The summed E-state index contributed by atoms with van der Waals surface area (Å²) >= 11 is 4.25. The average Bonchev–Trinajstić information content (AvgIpc) is 2.45. The van der Waals surface area contributed by atoms with Gasteiger partial charge in [-0.1, -0.05) is 0 Å². The molecule has 0 N–H and O–H groups in total. The maximum atomic E-state index is 13.2. The lowest BCUT2D eigenvalue weighted by atomic mass is 10.3. The van der Waals surface area contributed by atoms with E-state index in [1.165, 1.54) is 6.07 Å². The van der Waals surface area contributed by atoms with Crippen LogP contribution < -0.4 is 0 Å². The Morgan fingerprint density at radius 1 is 1.57 bits per heavy atom. The van der Waals surface area contributed by atoms with Gasteiger partial charge in [-0.15, -0.1) is 11.3 Å². The van der Waals surface area contributed by atoms with Crippen molar-refractivity contribution in [2.75, 3.05) is 0 Å². The molecule has 4 nitrogen and oxygen atoms in total. The Kier molecular flexibility index (Phi) is 2.20. The Morgan fingerprint density at radius 2 is 2.29 bits per heavy atom. The van der Waals surface area contributed by atoms with Gasteiger partial charge in [0.05, 0.1) is 15.7 Å². The zero-order valence-electron chi connectivity index (χ0n) is 6.53. The highest BCUT2D eigenvalue weighted by atomic mass is 79.9. The Labute approximate surface area is 89.7 Å². The lowest BCUT2D eigenvalue weighted by Gasteiger charge is -1.92. The van der Waals surface area contributed by atoms with Crippen LogP contribution in [-0.4, -0.2) is 9.91 Å². The smallest absolute Gasteiger partial charge is 0.258 e. The summed E-state index contributed by atoms with van der Waals surface area (Å²) < 4.78 is 14.2. The number of benzene rings is 1. The summed E-state index contributed by atoms with van der Waals surface area (Å²) in [4.78, 5) is 13.6. The Hall–Kier alpha value is -1.08. The first-order chi connectivity index (χ1) is 6.58. The quantitative estimate of drug-likeness (QED) is 0.594. The molecule has 0 bridgehead atoms. The van der Waals surface area contributed by atoms with Crippen LogP contribution in [0.3, 0.4) is 0 Å². The van der Waals surface area contributed by atoms with E-state index in [0.29, 0.717) is 8.62 Å². The number of hydrogen-bond donors (Lipinski definition) is 0.